The van der Waals surface area contributed by atoms with Crippen LogP contribution in [0.15, 0.2) is 0 Å². The van der Waals surface area contributed by atoms with Crippen LogP contribution in [0.1, 0.15) is 6.92 Å². The first-order valence-electron chi connectivity index (χ1n) is 3.42. The van der Waals surface area contributed by atoms with Crippen LogP contribution in [-0.4, -0.2) is 33.1 Å². The number of nitro groups is 3. The molecule has 11 nitrogen and oxygen atoms in total. The van der Waals surface area contributed by atoms with Gasteiger partial charge in [-0.05, 0) is 6.92 Å². The number of carbonyl (C=O) groups excluding carboxylic acids is 1. The average Bonchev–Trinajstić information content (AvgIpc) is 2.02. The monoisotopic (exact) mass is 223 g/mol. The summed E-state index contributed by atoms with van der Waals surface area (Å²) >= 11 is 0. The van der Waals surface area contributed by atoms with Gasteiger partial charge in [-0.25, -0.2) is 4.79 Å². The highest BCUT2D eigenvalue weighted by molar-refractivity contribution is 5.75. The molecule has 0 aromatic carbocycles. The van der Waals surface area contributed by atoms with Gasteiger partial charge in [0.15, 0.2) is 14.8 Å². The number of carbonyl (C=O) groups is 1. The van der Waals surface area contributed by atoms with Crippen molar-refractivity contribution in [1.82, 2.24) is 0 Å². The molecule has 0 amide bonds. The van der Waals surface area contributed by atoms with E-state index in [1.54, 1.807) is 0 Å². The number of esters is 1. The summed E-state index contributed by atoms with van der Waals surface area (Å²) in [6.07, 6.45) is 0. The Morgan fingerprint density at radius 2 is 1.47 bits per heavy atom. The van der Waals surface area contributed by atoms with Crippen molar-refractivity contribution in [3.8, 4) is 0 Å². The predicted octanol–water partition coefficient (Wildman–Crippen LogP) is -0.967. The minimum Gasteiger partial charge on any atom is -0.449 e. The molecule has 0 N–H and O–H groups in total. The molecule has 0 aromatic rings. The van der Waals surface area contributed by atoms with E-state index in [1.807, 2.05) is 0 Å². The first-order chi connectivity index (χ1) is 6.81. The second-order valence-corrected chi connectivity index (χ2v) is 2.13. The zero-order chi connectivity index (χ0) is 12.2. The number of hydrogen-bond acceptors (Lipinski definition) is 8. The second-order valence-electron chi connectivity index (χ2n) is 2.13. The van der Waals surface area contributed by atoms with Crippen LogP contribution < -0.4 is 0 Å². The smallest absolute Gasteiger partial charge is 0.449 e. The maximum absolute atomic E-state index is 10.8. The van der Waals surface area contributed by atoms with E-state index in [-0.39, 0.29) is 0 Å². The highest BCUT2D eigenvalue weighted by Crippen LogP contribution is 2.14. The van der Waals surface area contributed by atoms with Gasteiger partial charge in [0.2, 0.25) is 0 Å². The predicted molar refractivity (Wildman–Crippen MR) is 40.3 cm³/mol. The van der Waals surface area contributed by atoms with Crippen LogP contribution in [0.25, 0.3) is 0 Å². The molecule has 11 heteroatoms. The molecule has 84 valence electrons. The highest BCUT2D eigenvalue weighted by atomic mass is 16.7. The Hall–Kier alpha value is -2.33. The third-order valence-electron chi connectivity index (χ3n) is 1.31. The first-order valence-corrected chi connectivity index (χ1v) is 3.42. The van der Waals surface area contributed by atoms with Gasteiger partial charge in [0, 0.05) is 0 Å². The summed E-state index contributed by atoms with van der Waals surface area (Å²) in [6, 6.07) is 0. The minimum absolute atomic E-state index is 0.448. The standard InChI is InChI=1S/C4H5N3O8/c1-2-15-3(8)4(5(9)10,6(11)12)7(13)14/h2H2,1H3. The summed E-state index contributed by atoms with van der Waals surface area (Å²) in [5, 5.41) is 30.7. The van der Waals surface area contributed by atoms with Crippen molar-refractivity contribution in [3.05, 3.63) is 30.3 Å². The van der Waals surface area contributed by atoms with Crippen LogP contribution in [0, 0.1) is 30.3 Å². The Kier molecular flexibility index (Phi) is 3.59. The van der Waals surface area contributed by atoms with E-state index >= 15 is 0 Å². The summed E-state index contributed by atoms with van der Waals surface area (Å²) in [5.41, 5.74) is 0. The third kappa shape index (κ3) is 1.79. The Morgan fingerprint density at radius 1 is 1.13 bits per heavy atom. The maximum Gasteiger partial charge on any atom is 0.800 e. The molecular weight excluding hydrogens is 218 g/mol. The molecule has 0 aliphatic heterocycles. The van der Waals surface area contributed by atoms with Crippen LogP contribution in [-0.2, 0) is 9.53 Å². The number of nitrogens with zero attached hydrogens (tertiary/aromatic N) is 3. The second kappa shape index (κ2) is 4.26. The van der Waals surface area contributed by atoms with Gasteiger partial charge < -0.3 is 4.74 Å². The third-order valence-corrected chi connectivity index (χ3v) is 1.31. The summed E-state index contributed by atoms with van der Waals surface area (Å²) in [7, 11) is 0. The topological polar surface area (TPSA) is 156 Å². The molecular formula is C4H5N3O8. The van der Waals surface area contributed by atoms with Crippen LogP contribution in [0.2, 0.25) is 0 Å². The molecule has 0 fully saturated rings. The van der Waals surface area contributed by atoms with E-state index in [0.717, 1.165) is 0 Å². The van der Waals surface area contributed by atoms with E-state index in [9.17, 15) is 35.1 Å². The lowest BCUT2D eigenvalue weighted by Gasteiger charge is -2.06. The summed E-state index contributed by atoms with van der Waals surface area (Å²) < 4.78 is 3.93. The maximum atomic E-state index is 10.8. The van der Waals surface area contributed by atoms with Crippen molar-refractivity contribution in [2.45, 2.75) is 12.7 Å². The Bertz CT molecular complexity index is 288. The molecule has 0 bridgehead atoms. The van der Waals surface area contributed by atoms with Crippen molar-refractivity contribution >= 4 is 5.97 Å². The van der Waals surface area contributed by atoms with Crippen molar-refractivity contribution in [2.75, 3.05) is 6.61 Å². The number of ether oxygens (including phenoxy) is 1. The summed E-state index contributed by atoms with van der Waals surface area (Å²) in [5.74, 6) is -6.32. The van der Waals surface area contributed by atoms with Gasteiger partial charge >= 0.3 is 11.8 Å². The SMILES string of the molecule is CCOC(=O)C([N+](=O)[O-])([N+](=O)[O-])[N+](=O)[O-]. The van der Waals surface area contributed by atoms with Gasteiger partial charge in [-0.1, -0.05) is 0 Å². The molecule has 0 heterocycles. The summed E-state index contributed by atoms with van der Waals surface area (Å²) in [4.78, 5) is 35.8. The normalized spacial score (nSPS) is 10.5. The van der Waals surface area contributed by atoms with Crippen molar-refractivity contribution < 1.29 is 24.3 Å². The van der Waals surface area contributed by atoms with E-state index in [4.69, 9.17) is 0 Å². The van der Waals surface area contributed by atoms with E-state index in [0.29, 0.717) is 0 Å². The van der Waals surface area contributed by atoms with Crippen molar-refractivity contribution in [2.24, 2.45) is 0 Å². The van der Waals surface area contributed by atoms with Gasteiger partial charge in [-0.15, -0.1) is 0 Å². The van der Waals surface area contributed by atoms with E-state index < -0.39 is 33.1 Å². The quantitative estimate of drug-likeness (QED) is 0.249. The van der Waals surface area contributed by atoms with Crippen LogP contribution in [0.5, 0.6) is 0 Å². The zero-order valence-corrected chi connectivity index (χ0v) is 7.31. The molecule has 0 aliphatic rings. The first kappa shape index (κ1) is 12.7. The molecule has 0 unspecified atom stereocenters. The molecule has 0 aromatic heterocycles. The van der Waals surface area contributed by atoms with Crippen molar-refractivity contribution in [3.63, 3.8) is 0 Å². The fourth-order valence-corrected chi connectivity index (χ4v) is 0.652. The number of hydrogen-bond donors (Lipinski definition) is 0. The zero-order valence-electron chi connectivity index (χ0n) is 7.31. The van der Waals surface area contributed by atoms with Crippen LogP contribution in [0.4, 0.5) is 0 Å². The molecule has 0 rings (SSSR count). The van der Waals surface area contributed by atoms with E-state index in [2.05, 4.69) is 4.74 Å². The molecule has 0 radical (unpaired) electrons. The van der Waals surface area contributed by atoms with Crippen LogP contribution in [0.3, 0.4) is 0 Å². The lowest BCUT2D eigenvalue weighted by molar-refractivity contribution is -0.949. The van der Waals surface area contributed by atoms with Gasteiger partial charge in [-0.2, -0.15) is 0 Å². The molecule has 15 heavy (non-hydrogen) atoms. The molecule has 0 saturated carbocycles. The lowest BCUT2D eigenvalue weighted by Crippen LogP contribution is -2.60. The fourth-order valence-electron chi connectivity index (χ4n) is 0.652. The van der Waals surface area contributed by atoms with Gasteiger partial charge in [0.25, 0.3) is 0 Å². The highest BCUT2D eigenvalue weighted by Gasteiger charge is 2.80. The van der Waals surface area contributed by atoms with Gasteiger partial charge in [0.05, 0.1) is 6.61 Å². The molecule has 0 spiro atoms. The summed E-state index contributed by atoms with van der Waals surface area (Å²) in [6.45, 7) is 0.749. The Balaban J connectivity index is 5.53. The Morgan fingerprint density at radius 3 is 1.67 bits per heavy atom. The number of rotatable bonds is 5. The van der Waals surface area contributed by atoms with Crippen molar-refractivity contribution in [1.29, 1.82) is 0 Å². The molecule has 0 atom stereocenters. The largest absolute Gasteiger partial charge is 0.800 e. The van der Waals surface area contributed by atoms with E-state index in [1.165, 1.54) is 6.92 Å². The Labute approximate surface area is 81.1 Å². The minimum atomic E-state index is -4.18. The van der Waals surface area contributed by atoms with Gasteiger partial charge in [-0.3, -0.25) is 30.3 Å². The van der Waals surface area contributed by atoms with Gasteiger partial charge in [0.1, 0.15) is 0 Å². The van der Waals surface area contributed by atoms with Crippen LogP contribution >= 0.6 is 0 Å². The fraction of sp³-hybridized carbons (Fsp3) is 0.750. The lowest BCUT2D eigenvalue weighted by atomic mass is 10.4. The molecule has 0 saturated heterocycles. The average molecular weight is 223 g/mol. The molecule has 0 aliphatic carbocycles.